The first-order valence-corrected chi connectivity index (χ1v) is 5.68. The molecule has 1 saturated heterocycles. The van der Waals surface area contributed by atoms with Crippen molar-refractivity contribution >= 4 is 18.3 Å². The van der Waals surface area contributed by atoms with E-state index in [2.05, 4.69) is 15.7 Å². The fourth-order valence-electron chi connectivity index (χ4n) is 2.06. The molecule has 0 aliphatic carbocycles. The first-order chi connectivity index (χ1) is 7.66. The summed E-state index contributed by atoms with van der Waals surface area (Å²) in [6, 6.07) is 0.431. The molecule has 1 aliphatic rings. The number of carbonyl (C=O) groups is 1. The van der Waals surface area contributed by atoms with E-state index in [1.165, 1.54) is 6.42 Å². The average Bonchev–Trinajstić information content (AvgIpc) is 2.84. The number of amides is 1. The fourth-order valence-corrected chi connectivity index (χ4v) is 2.06. The Hall–Kier alpha value is -1.07. The molecule has 1 aromatic heterocycles. The van der Waals surface area contributed by atoms with Crippen LogP contribution in [0.4, 0.5) is 0 Å². The van der Waals surface area contributed by atoms with Crippen LogP contribution in [-0.2, 0) is 7.05 Å². The molecule has 1 unspecified atom stereocenters. The van der Waals surface area contributed by atoms with Crippen molar-refractivity contribution < 1.29 is 4.79 Å². The molecule has 5 nitrogen and oxygen atoms in total. The maximum atomic E-state index is 11.8. The third-order valence-corrected chi connectivity index (χ3v) is 2.93. The minimum absolute atomic E-state index is 0. The Balaban J connectivity index is 0.00000144. The van der Waals surface area contributed by atoms with Gasteiger partial charge in [0.1, 0.15) is 0 Å². The lowest BCUT2D eigenvalue weighted by atomic mass is 10.2. The summed E-state index contributed by atoms with van der Waals surface area (Å²) in [7, 11) is 1.82. The number of hydrogen-bond acceptors (Lipinski definition) is 3. The number of aryl methyl sites for hydroxylation is 2. The zero-order valence-corrected chi connectivity index (χ0v) is 11.0. The first kappa shape index (κ1) is 14.0. The minimum atomic E-state index is -0.0284. The number of carbonyl (C=O) groups excluding carboxylic acids is 1. The van der Waals surface area contributed by atoms with Crippen LogP contribution < -0.4 is 10.6 Å². The molecule has 17 heavy (non-hydrogen) atoms. The van der Waals surface area contributed by atoms with Crippen LogP contribution in [0.2, 0.25) is 0 Å². The van der Waals surface area contributed by atoms with E-state index in [1.807, 2.05) is 14.0 Å². The largest absolute Gasteiger partial charge is 0.350 e. The standard InChI is InChI=1S/C11H18N4O.ClH/c1-8-10(7-15(2)14-8)11(16)13-6-9-4-3-5-12-9;/h7,9,12H,3-6H2,1-2H3,(H,13,16);1H. The van der Waals surface area contributed by atoms with Crippen LogP contribution in [0.5, 0.6) is 0 Å². The fraction of sp³-hybridized carbons (Fsp3) is 0.636. The van der Waals surface area contributed by atoms with Gasteiger partial charge in [0.25, 0.3) is 5.91 Å². The van der Waals surface area contributed by atoms with Gasteiger partial charge in [-0.1, -0.05) is 0 Å². The molecule has 1 atom stereocenters. The lowest BCUT2D eigenvalue weighted by Gasteiger charge is -2.10. The van der Waals surface area contributed by atoms with Crippen molar-refractivity contribution in [1.29, 1.82) is 0 Å². The summed E-state index contributed by atoms with van der Waals surface area (Å²) >= 11 is 0. The summed E-state index contributed by atoms with van der Waals surface area (Å²) < 4.78 is 1.66. The monoisotopic (exact) mass is 258 g/mol. The smallest absolute Gasteiger partial charge is 0.254 e. The maximum Gasteiger partial charge on any atom is 0.254 e. The van der Waals surface area contributed by atoms with Gasteiger partial charge in [0.05, 0.1) is 11.3 Å². The van der Waals surface area contributed by atoms with Gasteiger partial charge in [-0.3, -0.25) is 9.48 Å². The van der Waals surface area contributed by atoms with Crippen LogP contribution in [0.25, 0.3) is 0 Å². The molecule has 1 aromatic rings. The molecule has 2 rings (SSSR count). The van der Waals surface area contributed by atoms with Gasteiger partial charge in [-0.15, -0.1) is 12.4 Å². The Labute approximate surface area is 107 Å². The molecule has 1 aliphatic heterocycles. The summed E-state index contributed by atoms with van der Waals surface area (Å²) in [5.41, 5.74) is 1.44. The molecule has 0 bridgehead atoms. The Kier molecular flexibility index (Phi) is 4.96. The predicted molar refractivity (Wildman–Crippen MR) is 68.6 cm³/mol. The van der Waals surface area contributed by atoms with Gasteiger partial charge in [0.15, 0.2) is 0 Å². The number of halogens is 1. The van der Waals surface area contributed by atoms with E-state index >= 15 is 0 Å². The molecule has 0 aromatic carbocycles. The molecule has 0 saturated carbocycles. The number of hydrogen-bond donors (Lipinski definition) is 2. The van der Waals surface area contributed by atoms with E-state index in [1.54, 1.807) is 10.9 Å². The summed E-state index contributed by atoms with van der Waals surface area (Å²) in [4.78, 5) is 11.8. The topological polar surface area (TPSA) is 59.0 Å². The second-order valence-corrected chi connectivity index (χ2v) is 4.31. The molecular weight excluding hydrogens is 240 g/mol. The van der Waals surface area contributed by atoms with Gasteiger partial charge in [-0.05, 0) is 26.3 Å². The van der Waals surface area contributed by atoms with E-state index in [0.29, 0.717) is 18.2 Å². The number of aromatic nitrogens is 2. The third kappa shape index (κ3) is 3.44. The van der Waals surface area contributed by atoms with Gasteiger partial charge < -0.3 is 10.6 Å². The van der Waals surface area contributed by atoms with Gasteiger partial charge in [0.2, 0.25) is 0 Å². The van der Waals surface area contributed by atoms with Crippen molar-refractivity contribution in [2.24, 2.45) is 7.05 Å². The lowest BCUT2D eigenvalue weighted by Crippen LogP contribution is -2.37. The molecular formula is C11H19ClN4O. The van der Waals surface area contributed by atoms with E-state index in [9.17, 15) is 4.79 Å². The number of rotatable bonds is 3. The summed E-state index contributed by atoms with van der Waals surface area (Å²) in [5, 5.41) is 10.4. The van der Waals surface area contributed by atoms with E-state index in [4.69, 9.17) is 0 Å². The molecule has 2 heterocycles. The van der Waals surface area contributed by atoms with Crippen LogP contribution in [0.3, 0.4) is 0 Å². The minimum Gasteiger partial charge on any atom is -0.350 e. The van der Waals surface area contributed by atoms with Gasteiger partial charge in [-0.25, -0.2) is 0 Å². The molecule has 0 radical (unpaired) electrons. The SMILES string of the molecule is Cc1nn(C)cc1C(=O)NCC1CCCN1.Cl. The molecule has 1 amide bonds. The maximum absolute atomic E-state index is 11.8. The second kappa shape index (κ2) is 6.02. The van der Waals surface area contributed by atoms with Crippen molar-refractivity contribution in [3.8, 4) is 0 Å². The summed E-state index contributed by atoms with van der Waals surface area (Å²) in [6.45, 7) is 3.61. The quantitative estimate of drug-likeness (QED) is 0.836. The lowest BCUT2D eigenvalue weighted by molar-refractivity contribution is 0.0949. The predicted octanol–water partition coefficient (Wildman–Crippen LogP) is 0.632. The van der Waals surface area contributed by atoms with Crippen molar-refractivity contribution in [3.05, 3.63) is 17.5 Å². The zero-order chi connectivity index (χ0) is 11.5. The van der Waals surface area contributed by atoms with Crippen molar-refractivity contribution in [3.63, 3.8) is 0 Å². The Morgan fingerprint density at radius 2 is 2.47 bits per heavy atom. The highest BCUT2D eigenvalue weighted by atomic mass is 35.5. The van der Waals surface area contributed by atoms with Crippen molar-refractivity contribution in [2.75, 3.05) is 13.1 Å². The van der Waals surface area contributed by atoms with Crippen molar-refractivity contribution in [1.82, 2.24) is 20.4 Å². The molecule has 96 valence electrons. The zero-order valence-electron chi connectivity index (χ0n) is 10.2. The summed E-state index contributed by atoms with van der Waals surface area (Å²) in [5.74, 6) is -0.0284. The molecule has 0 spiro atoms. The number of nitrogens with one attached hydrogen (secondary N) is 2. The number of nitrogens with zero attached hydrogens (tertiary/aromatic N) is 2. The van der Waals surface area contributed by atoms with Crippen LogP contribution >= 0.6 is 12.4 Å². The first-order valence-electron chi connectivity index (χ1n) is 5.68. The normalized spacial score (nSPS) is 18.8. The highest BCUT2D eigenvalue weighted by Crippen LogP contribution is 2.06. The van der Waals surface area contributed by atoms with Crippen LogP contribution in [0, 0.1) is 6.92 Å². The van der Waals surface area contributed by atoms with Crippen LogP contribution in [0.1, 0.15) is 28.9 Å². The van der Waals surface area contributed by atoms with Gasteiger partial charge >= 0.3 is 0 Å². The Bertz CT molecular complexity index is 385. The van der Waals surface area contributed by atoms with Gasteiger partial charge in [0, 0.05) is 25.8 Å². The van der Waals surface area contributed by atoms with E-state index in [-0.39, 0.29) is 18.3 Å². The second-order valence-electron chi connectivity index (χ2n) is 4.31. The van der Waals surface area contributed by atoms with Gasteiger partial charge in [-0.2, -0.15) is 5.10 Å². The third-order valence-electron chi connectivity index (χ3n) is 2.93. The Morgan fingerprint density at radius 1 is 1.71 bits per heavy atom. The molecule has 1 fully saturated rings. The average molecular weight is 259 g/mol. The molecule has 6 heteroatoms. The van der Waals surface area contributed by atoms with E-state index < -0.39 is 0 Å². The Morgan fingerprint density at radius 3 is 3.00 bits per heavy atom. The van der Waals surface area contributed by atoms with E-state index in [0.717, 1.165) is 18.7 Å². The van der Waals surface area contributed by atoms with Crippen LogP contribution in [0.15, 0.2) is 6.20 Å². The highest BCUT2D eigenvalue weighted by molar-refractivity contribution is 5.95. The molecule has 2 N–H and O–H groups in total. The van der Waals surface area contributed by atoms with Crippen molar-refractivity contribution in [2.45, 2.75) is 25.8 Å². The highest BCUT2D eigenvalue weighted by Gasteiger charge is 2.17. The van der Waals surface area contributed by atoms with Crippen LogP contribution in [-0.4, -0.2) is 34.8 Å². The summed E-state index contributed by atoms with van der Waals surface area (Å²) in [6.07, 6.45) is 4.10.